The zero-order chi connectivity index (χ0) is 15.5. The van der Waals surface area contributed by atoms with E-state index in [1.54, 1.807) is 0 Å². The maximum Gasteiger partial charge on any atom is 0.356 e. The lowest BCUT2D eigenvalue weighted by molar-refractivity contribution is 0.0594. The fourth-order valence-electron chi connectivity index (χ4n) is 2.31. The number of esters is 1. The SMILES string of the molecule is COC(=O)c1cc(N)nc(N2CC(Nc3ccccc3)C2)n1. The third kappa shape index (κ3) is 2.93. The molecule has 3 N–H and O–H groups in total. The first kappa shape index (κ1) is 14.1. The number of hydrogen-bond acceptors (Lipinski definition) is 7. The van der Waals surface area contributed by atoms with Crippen molar-refractivity contribution in [3.63, 3.8) is 0 Å². The number of carbonyl (C=O) groups is 1. The lowest BCUT2D eigenvalue weighted by Gasteiger charge is -2.40. The number of hydrogen-bond donors (Lipinski definition) is 2. The molecule has 1 aromatic heterocycles. The fourth-order valence-corrected chi connectivity index (χ4v) is 2.31. The number of aromatic nitrogens is 2. The highest BCUT2D eigenvalue weighted by atomic mass is 16.5. The summed E-state index contributed by atoms with van der Waals surface area (Å²) in [6.45, 7) is 1.50. The van der Waals surface area contributed by atoms with Crippen LogP contribution >= 0.6 is 0 Å². The first-order chi connectivity index (χ1) is 10.7. The predicted molar refractivity (Wildman–Crippen MR) is 83.8 cm³/mol. The number of ether oxygens (including phenoxy) is 1. The van der Waals surface area contributed by atoms with Gasteiger partial charge in [-0.1, -0.05) is 18.2 Å². The third-order valence-corrected chi connectivity index (χ3v) is 3.44. The van der Waals surface area contributed by atoms with Crippen molar-refractivity contribution in [1.29, 1.82) is 0 Å². The Hall–Kier alpha value is -2.83. The Morgan fingerprint density at radius 3 is 2.73 bits per heavy atom. The van der Waals surface area contributed by atoms with Crippen molar-refractivity contribution in [2.45, 2.75) is 6.04 Å². The number of nitrogen functional groups attached to an aromatic ring is 1. The van der Waals surface area contributed by atoms with Crippen LogP contribution in [0.4, 0.5) is 17.5 Å². The van der Waals surface area contributed by atoms with Crippen LogP contribution in [0.25, 0.3) is 0 Å². The Balaban J connectivity index is 1.65. The number of carbonyl (C=O) groups excluding carboxylic acids is 1. The molecule has 2 aromatic rings. The Kier molecular flexibility index (Phi) is 3.78. The highest BCUT2D eigenvalue weighted by molar-refractivity contribution is 5.88. The first-order valence-corrected chi connectivity index (χ1v) is 6.95. The molecule has 1 aliphatic rings. The van der Waals surface area contributed by atoms with Crippen LogP contribution in [-0.4, -0.2) is 42.2 Å². The molecular weight excluding hydrogens is 282 g/mol. The van der Waals surface area contributed by atoms with Crippen molar-refractivity contribution in [2.75, 3.05) is 36.1 Å². The monoisotopic (exact) mass is 299 g/mol. The number of benzene rings is 1. The lowest BCUT2D eigenvalue weighted by Crippen LogP contribution is -2.55. The van der Waals surface area contributed by atoms with Gasteiger partial charge in [0, 0.05) is 24.8 Å². The number of rotatable bonds is 4. The molecule has 1 aliphatic heterocycles. The van der Waals surface area contributed by atoms with Crippen molar-refractivity contribution in [3.8, 4) is 0 Å². The maximum absolute atomic E-state index is 11.6. The standard InChI is InChI=1S/C15H17N5O2/c1-22-14(21)12-7-13(16)19-15(18-12)20-8-11(9-20)17-10-5-3-2-4-6-10/h2-7,11,17H,8-9H2,1H3,(H2,16,18,19). The second kappa shape index (κ2) is 5.88. The highest BCUT2D eigenvalue weighted by Gasteiger charge is 2.29. The Morgan fingerprint density at radius 1 is 1.32 bits per heavy atom. The van der Waals surface area contributed by atoms with Crippen LogP contribution in [0.2, 0.25) is 0 Å². The molecule has 0 aliphatic carbocycles. The van der Waals surface area contributed by atoms with E-state index in [0.717, 1.165) is 18.8 Å². The lowest BCUT2D eigenvalue weighted by atomic mass is 10.1. The molecule has 1 saturated heterocycles. The van der Waals surface area contributed by atoms with Gasteiger partial charge in [0.25, 0.3) is 0 Å². The van der Waals surface area contributed by atoms with Gasteiger partial charge in [0.05, 0.1) is 13.2 Å². The van der Waals surface area contributed by atoms with Crippen LogP contribution in [0.1, 0.15) is 10.5 Å². The van der Waals surface area contributed by atoms with E-state index in [-0.39, 0.29) is 11.5 Å². The molecule has 0 unspecified atom stereocenters. The second-order valence-corrected chi connectivity index (χ2v) is 5.08. The van der Waals surface area contributed by atoms with Crippen molar-refractivity contribution < 1.29 is 9.53 Å². The van der Waals surface area contributed by atoms with E-state index in [2.05, 4.69) is 20.0 Å². The van der Waals surface area contributed by atoms with Gasteiger partial charge in [-0.3, -0.25) is 0 Å². The molecule has 0 spiro atoms. The van der Waals surface area contributed by atoms with Crippen LogP contribution < -0.4 is 16.0 Å². The quantitative estimate of drug-likeness (QED) is 0.818. The molecule has 7 nitrogen and oxygen atoms in total. The minimum Gasteiger partial charge on any atom is -0.464 e. The molecule has 3 rings (SSSR count). The van der Waals surface area contributed by atoms with Crippen LogP contribution in [-0.2, 0) is 4.74 Å². The van der Waals surface area contributed by atoms with Gasteiger partial charge in [-0.2, -0.15) is 4.98 Å². The summed E-state index contributed by atoms with van der Waals surface area (Å²) in [5.41, 5.74) is 6.98. The summed E-state index contributed by atoms with van der Waals surface area (Å²) in [5, 5.41) is 3.42. The number of anilines is 3. The summed E-state index contributed by atoms with van der Waals surface area (Å²) in [7, 11) is 1.31. The van der Waals surface area contributed by atoms with Crippen LogP contribution in [0.15, 0.2) is 36.4 Å². The summed E-state index contributed by atoms with van der Waals surface area (Å²) in [4.78, 5) is 21.9. The smallest absolute Gasteiger partial charge is 0.356 e. The molecule has 7 heteroatoms. The van der Waals surface area contributed by atoms with E-state index in [9.17, 15) is 4.79 Å². The number of nitrogens with zero attached hydrogens (tertiary/aromatic N) is 3. The largest absolute Gasteiger partial charge is 0.464 e. The van der Waals surface area contributed by atoms with Crippen LogP contribution in [0, 0.1) is 0 Å². The van der Waals surface area contributed by atoms with Gasteiger partial charge < -0.3 is 20.7 Å². The van der Waals surface area contributed by atoms with E-state index < -0.39 is 5.97 Å². The van der Waals surface area contributed by atoms with Crippen LogP contribution in [0.3, 0.4) is 0 Å². The number of methoxy groups -OCH3 is 1. The summed E-state index contributed by atoms with van der Waals surface area (Å²) >= 11 is 0. The van der Waals surface area contributed by atoms with Gasteiger partial charge in [0.15, 0.2) is 5.69 Å². The fraction of sp³-hybridized carbons (Fsp3) is 0.267. The number of nitrogens with one attached hydrogen (secondary N) is 1. The minimum absolute atomic E-state index is 0.171. The summed E-state index contributed by atoms with van der Waals surface area (Å²) in [5.74, 6) is 0.186. The predicted octanol–water partition coefficient (Wildman–Crippen LogP) is 1.15. The Bertz CT molecular complexity index is 671. The number of nitrogens with two attached hydrogens (primary N) is 1. The summed E-state index contributed by atoms with van der Waals surface area (Å²) in [6.07, 6.45) is 0. The van der Waals surface area contributed by atoms with Crippen molar-refractivity contribution in [3.05, 3.63) is 42.1 Å². The maximum atomic E-state index is 11.6. The van der Waals surface area contributed by atoms with Gasteiger partial charge in [-0.05, 0) is 12.1 Å². The summed E-state index contributed by atoms with van der Waals surface area (Å²) in [6, 6.07) is 11.7. The molecule has 114 valence electrons. The average molecular weight is 299 g/mol. The van der Waals surface area contributed by atoms with Gasteiger partial charge in [-0.15, -0.1) is 0 Å². The molecule has 22 heavy (non-hydrogen) atoms. The van der Waals surface area contributed by atoms with E-state index in [0.29, 0.717) is 12.0 Å². The Labute approximate surface area is 128 Å². The molecule has 2 heterocycles. The summed E-state index contributed by atoms with van der Waals surface area (Å²) < 4.78 is 4.66. The van der Waals surface area contributed by atoms with Gasteiger partial charge >= 0.3 is 5.97 Å². The topological polar surface area (TPSA) is 93.4 Å². The zero-order valence-electron chi connectivity index (χ0n) is 12.2. The normalized spacial score (nSPS) is 14.3. The van der Waals surface area contributed by atoms with Crippen molar-refractivity contribution in [1.82, 2.24) is 9.97 Å². The van der Waals surface area contributed by atoms with E-state index >= 15 is 0 Å². The molecule has 0 amide bonds. The molecule has 1 aromatic carbocycles. The molecular formula is C15H17N5O2. The van der Waals surface area contributed by atoms with Gasteiger partial charge in [-0.25, -0.2) is 9.78 Å². The van der Waals surface area contributed by atoms with Gasteiger partial charge in [0.2, 0.25) is 5.95 Å². The zero-order valence-corrected chi connectivity index (χ0v) is 12.2. The first-order valence-electron chi connectivity index (χ1n) is 6.95. The average Bonchev–Trinajstić information content (AvgIpc) is 2.50. The molecule has 0 bridgehead atoms. The van der Waals surface area contributed by atoms with Gasteiger partial charge in [0.1, 0.15) is 5.82 Å². The molecule has 1 fully saturated rings. The Morgan fingerprint density at radius 2 is 2.05 bits per heavy atom. The molecule has 0 atom stereocenters. The van der Waals surface area contributed by atoms with E-state index in [1.807, 2.05) is 35.2 Å². The van der Waals surface area contributed by atoms with E-state index in [4.69, 9.17) is 5.73 Å². The third-order valence-electron chi connectivity index (χ3n) is 3.44. The second-order valence-electron chi connectivity index (χ2n) is 5.08. The molecule has 0 saturated carbocycles. The minimum atomic E-state index is -0.519. The van der Waals surface area contributed by atoms with Crippen LogP contribution in [0.5, 0.6) is 0 Å². The van der Waals surface area contributed by atoms with E-state index in [1.165, 1.54) is 13.2 Å². The van der Waals surface area contributed by atoms with Crippen molar-refractivity contribution in [2.24, 2.45) is 0 Å². The highest BCUT2D eigenvalue weighted by Crippen LogP contribution is 2.21. The van der Waals surface area contributed by atoms with Crippen molar-refractivity contribution >= 4 is 23.4 Å². The molecule has 0 radical (unpaired) electrons. The number of para-hydroxylation sites is 1.